The third-order valence-electron chi connectivity index (χ3n) is 7.69. The second-order valence-corrected chi connectivity index (χ2v) is 10.8. The van der Waals surface area contributed by atoms with Crippen molar-refractivity contribution in [2.75, 3.05) is 5.32 Å². The van der Waals surface area contributed by atoms with Crippen molar-refractivity contribution in [1.82, 2.24) is 29.9 Å². The van der Waals surface area contributed by atoms with Crippen LogP contribution in [0.3, 0.4) is 0 Å². The summed E-state index contributed by atoms with van der Waals surface area (Å²) < 4.78 is 41.7. The zero-order valence-corrected chi connectivity index (χ0v) is 23.2. The Bertz CT molecular complexity index is 1550. The summed E-state index contributed by atoms with van der Waals surface area (Å²) >= 11 is 0. The lowest BCUT2D eigenvalue weighted by Crippen LogP contribution is -2.31. The van der Waals surface area contributed by atoms with Crippen LogP contribution in [-0.2, 0) is 12.7 Å². The molecule has 0 spiro atoms. The van der Waals surface area contributed by atoms with E-state index in [9.17, 15) is 13.2 Å². The Labute approximate surface area is 236 Å². The van der Waals surface area contributed by atoms with Gasteiger partial charge in [0.15, 0.2) is 23.1 Å². The van der Waals surface area contributed by atoms with Gasteiger partial charge >= 0.3 is 6.18 Å². The second kappa shape index (κ2) is 11.4. The van der Waals surface area contributed by atoms with Crippen LogP contribution in [0.2, 0.25) is 0 Å². The van der Waals surface area contributed by atoms with Crippen LogP contribution in [0.15, 0.2) is 48.8 Å². The lowest BCUT2D eigenvalue weighted by molar-refractivity contribution is -0.137. The van der Waals surface area contributed by atoms with E-state index < -0.39 is 11.7 Å². The molecule has 0 aliphatic heterocycles. The van der Waals surface area contributed by atoms with Crippen LogP contribution in [-0.4, -0.2) is 30.5 Å². The molecular formula is C29H34F3N9. The monoisotopic (exact) mass is 565 g/mol. The molecular weight excluding hydrogens is 531 g/mol. The Morgan fingerprint density at radius 1 is 1.10 bits per heavy atom. The first-order chi connectivity index (χ1) is 19.6. The topological polar surface area (TPSA) is 133 Å². The van der Waals surface area contributed by atoms with Crippen molar-refractivity contribution in [2.45, 2.75) is 64.7 Å². The van der Waals surface area contributed by atoms with Gasteiger partial charge in [-0.2, -0.15) is 13.2 Å². The predicted octanol–water partition coefficient (Wildman–Crippen LogP) is 5.40. The van der Waals surface area contributed by atoms with Crippen molar-refractivity contribution in [3.8, 4) is 11.5 Å². The number of nitrogens with one attached hydrogen (secondary N) is 2. The van der Waals surface area contributed by atoms with Crippen molar-refractivity contribution < 1.29 is 13.2 Å². The maximum Gasteiger partial charge on any atom is 0.416 e. The van der Waals surface area contributed by atoms with E-state index in [0.29, 0.717) is 45.7 Å². The van der Waals surface area contributed by atoms with Crippen LogP contribution in [0.1, 0.15) is 68.5 Å². The van der Waals surface area contributed by atoms with E-state index in [1.807, 2.05) is 16.7 Å². The van der Waals surface area contributed by atoms with Crippen LogP contribution >= 0.6 is 0 Å². The number of rotatable bonds is 9. The first kappa shape index (κ1) is 28.3. The molecule has 1 fully saturated rings. The standard InChI is InChI=1S/C29H34F3N9/c1-16(2)20-11-12-35-22(13-20)28-39-27-24(41(28)15-18-7-9-21(10-8-18)29(30,31)32)26(36-17(3)19-5-4-6-19)37-25(38-27)23(14-33)40-34/h7-14,16-17,19,40H,4-6,15,33-34H2,1-3H3,(H,36,37,38)/b23-14-/t17-/m1/s1. The van der Waals surface area contributed by atoms with E-state index in [1.165, 1.54) is 24.8 Å². The molecule has 216 valence electrons. The quantitative estimate of drug-likeness (QED) is 0.157. The number of fused-ring (bicyclic) bond motifs is 1. The van der Waals surface area contributed by atoms with Gasteiger partial charge in [0.1, 0.15) is 16.9 Å². The number of anilines is 1. The average molecular weight is 566 g/mol. The van der Waals surface area contributed by atoms with Crippen molar-refractivity contribution in [3.63, 3.8) is 0 Å². The molecule has 6 N–H and O–H groups in total. The number of nitrogens with two attached hydrogens (primary N) is 2. The Morgan fingerprint density at radius 3 is 2.41 bits per heavy atom. The molecule has 3 heterocycles. The summed E-state index contributed by atoms with van der Waals surface area (Å²) in [7, 11) is 0. The van der Waals surface area contributed by atoms with Crippen molar-refractivity contribution in [2.24, 2.45) is 17.5 Å². The molecule has 3 aromatic heterocycles. The van der Waals surface area contributed by atoms with Crippen molar-refractivity contribution >= 4 is 22.7 Å². The van der Waals surface area contributed by atoms with E-state index in [4.69, 9.17) is 21.5 Å². The lowest BCUT2D eigenvalue weighted by Gasteiger charge is -2.32. The highest BCUT2D eigenvalue weighted by Gasteiger charge is 2.30. The highest BCUT2D eigenvalue weighted by Crippen LogP contribution is 2.35. The van der Waals surface area contributed by atoms with Gasteiger partial charge in [0.2, 0.25) is 0 Å². The van der Waals surface area contributed by atoms with Gasteiger partial charge in [0, 0.05) is 25.0 Å². The van der Waals surface area contributed by atoms with Crippen LogP contribution < -0.4 is 22.3 Å². The molecule has 1 saturated carbocycles. The fourth-order valence-corrected chi connectivity index (χ4v) is 4.98. The molecule has 0 saturated heterocycles. The fourth-order valence-electron chi connectivity index (χ4n) is 4.98. The first-order valence-electron chi connectivity index (χ1n) is 13.6. The summed E-state index contributed by atoms with van der Waals surface area (Å²) in [6.45, 7) is 6.52. The zero-order valence-electron chi connectivity index (χ0n) is 23.2. The number of benzene rings is 1. The van der Waals surface area contributed by atoms with Gasteiger partial charge in [-0.25, -0.2) is 15.0 Å². The predicted molar refractivity (Wildman–Crippen MR) is 153 cm³/mol. The molecule has 1 aliphatic carbocycles. The molecule has 0 bridgehead atoms. The molecule has 1 aliphatic rings. The van der Waals surface area contributed by atoms with E-state index in [-0.39, 0.29) is 24.3 Å². The summed E-state index contributed by atoms with van der Waals surface area (Å²) in [5.74, 6) is 7.76. The molecule has 1 atom stereocenters. The summed E-state index contributed by atoms with van der Waals surface area (Å²) in [4.78, 5) is 18.9. The van der Waals surface area contributed by atoms with Crippen LogP contribution in [0.25, 0.3) is 28.4 Å². The van der Waals surface area contributed by atoms with Gasteiger partial charge in [0.25, 0.3) is 0 Å². The van der Waals surface area contributed by atoms with Crippen molar-refractivity contribution in [3.05, 3.63) is 71.3 Å². The lowest BCUT2D eigenvalue weighted by atomic mass is 9.80. The van der Waals surface area contributed by atoms with E-state index >= 15 is 0 Å². The van der Waals surface area contributed by atoms with Gasteiger partial charge in [-0.3, -0.25) is 10.8 Å². The van der Waals surface area contributed by atoms with Gasteiger partial charge < -0.3 is 21.0 Å². The zero-order chi connectivity index (χ0) is 29.3. The van der Waals surface area contributed by atoms with Gasteiger partial charge in [0.05, 0.1) is 5.56 Å². The minimum atomic E-state index is -4.42. The molecule has 5 rings (SSSR count). The number of aromatic nitrogens is 5. The maximum absolute atomic E-state index is 13.3. The molecule has 0 amide bonds. The normalized spacial score (nSPS) is 15.3. The van der Waals surface area contributed by atoms with Gasteiger partial charge in [-0.1, -0.05) is 32.4 Å². The van der Waals surface area contributed by atoms with Crippen LogP contribution in [0, 0.1) is 5.92 Å². The number of nitrogens with zero attached hydrogens (tertiary/aromatic N) is 5. The highest BCUT2D eigenvalue weighted by atomic mass is 19.4. The molecule has 4 aromatic rings. The summed E-state index contributed by atoms with van der Waals surface area (Å²) in [5, 5.41) is 3.56. The number of imidazole rings is 1. The third kappa shape index (κ3) is 5.83. The minimum Gasteiger partial charge on any atom is -0.403 e. The van der Waals surface area contributed by atoms with Crippen LogP contribution in [0.5, 0.6) is 0 Å². The smallest absolute Gasteiger partial charge is 0.403 e. The average Bonchev–Trinajstić information content (AvgIpc) is 3.26. The highest BCUT2D eigenvalue weighted by molar-refractivity contribution is 5.88. The molecule has 9 nitrogen and oxygen atoms in total. The maximum atomic E-state index is 13.3. The second-order valence-electron chi connectivity index (χ2n) is 10.8. The molecule has 0 radical (unpaired) electrons. The van der Waals surface area contributed by atoms with Gasteiger partial charge in [-0.05, 0) is 67.0 Å². The van der Waals surface area contributed by atoms with E-state index in [2.05, 4.69) is 41.5 Å². The Balaban J connectivity index is 1.71. The Hall–Kier alpha value is -4.19. The molecule has 41 heavy (non-hydrogen) atoms. The van der Waals surface area contributed by atoms with Crippen molar-refractivity contribution in [1.29, 1.82) is 0 Å². The summed E-state index contributed by atoms with van der Waals surface area (Å²) in [6.07, 6.45) is 2.02. The van der Waals surface area contributed by atoms with E-state index in [0.717, 1.165) is 30.5 Å². The number of hydrogen-bond donors (Lipinski definition) is 4. The molecule has 1 aromatic carbocycles. The third-order valence-corrected chi connectivity index (χ3v) is 7.69. The Morgan fingerprint density at radius 2 is 1.83 bits per heavy atom. The number of halogens is 3. The van der Waals surface area contributed by atoms with E-state index in [1.54, 1.807) is 6.20 Å². The fraction of sp³-hybridized carbons (Fsp3) is 0.379. The molecule has 12 heteroatoms. The molecule has 0 unspecified atom stereocenters. The Kier molecular flexibility index (Phi) is 7.85. The number of alkyl halides is 3. The largest absolute Gasteiger partial charge is 0.416 e. The summed E-state index contributed by atoms with van der Waals surface area (Å²) in [5.41, 5.74) is 11.3. The number of pyridine rings is 1. The number of hydrogen-bond acceptors (Lipinski definition) is 8. The van der Waals surface area contributed by atoms with Gasteiger partial charge in [-0.15, -0.1) is 0 Å². The minimum absolute atomic E-state index is 0.117. The summed E-state index contributed by atoms with van der Waals surface area (Å²) in [6, 6.07) is 9.17. The SMILES string of the molecule is CC(C)c1ccnc(-c2nc3nc(/C(=C/N)NN)nc(N[C@H](C)C4CCC4)c3n2Cc2ccc(C(F)(F)F)cc2)c1. The number of hydrazine groups is 1. The first-order valence-corrected chi connectivity index (χ1v) is 13.6. The van der Waals surface area contributed by atoms with Crippen LogP contribution in [0.4, 0.5) is 19.0 Å².